The summed E-state index contributed by atoms with van der Waals surface area (Å²) in [5.41, 5.74) is 0.141. The van der Waals surface area contributed by atoms with Crippen LogP contribution in [-0.4, -0.2) is 32.2 Å². The van der Waals surface area contributed by atoms with Gasteiger partial charge in [-0.3, -0.25) is 10.1 Å². The number of benzene rings is 1. The molecule has 0 N–H and O–H groups in total. The fourth-order valence-corrected chi connectivity index (χ4v) is 1.31. The van der Waals surface area contributed by atoms with Crippen LogP contribution in [0.2, 0.25) is 0 Å². The molecular formula is C10H13FN2O3. The van der Waals surface area contributed by atoms with E-state index in [4.69, 9.17) is 4.74 Å². The second-order valence-corrected chi connectivity index (χ2v) is 3.30. The topological polar surface area (TPSA) is 55.6 Å². The van der Waals surface area contributed by atoms with Gasteiger partial charge in [-0.2, -0.15) is 0 Å². The van der Waals surface area contributed by atoms with Crippen LogP contribution < -0.4 is 4.90 Å². The molecule has 0 aliphatic rings. The Morgan fingerprint density at radius 2 is 2.25 bits per heavy atom. The van der Waals surface area contributed by atoms with Crippen molar-refractivity contribution in [2.45, 2.75) is 0 Å². The van der Waals surface area contributed by atoms with Gasteiger partial charge in [-0.15, -0.1) is 0 Å². The van der Waals surface area contributed by atoms with Crippen molar-refractivity contribution < 1.29 is 14.1 Å². The minimum Gasteiger partial charge on any atom is -0.383 e. The summed E-state index contributed by atoms with van der Waals surface area (Å²) in [4.78, 5) is 11.8. The lowest BCUT2D eigenvalue weighted by Gasteiger charge is -2.18. The highest BCUT2D eigenvalue weighted by Gasteiger charge is 2.17. The monoisotopic (exact) mass is 228 g/mol. The van der Waals surface area contributed by atoms with Crippen LogP contribution in [0.5, 0.6) is 0 Å². The van der Waals surface area contributed by atoms with Gasteiger partial charge in [0.2, 0.25) is 0 Å². The molecule has 6 heteroatoms. The zero-order chi connectivity index (χ0) is 12.1. The van der Waals surface area contributed by atoms with Gasteiger partial charge in [-0.1, -0.05) is 0 Å². The molecule has 0 bridgehead atoms. The van der Waals surface area contributed by atoms with Gasteiger partial charge in [0.15, 0.2) is 0 Å². The number of rotatable bonds is 5. The van der Waals surface area contributed by atoms with E-state index in [1.54, 1.807) is 11.9 Å². The van der Waals surface area contributed by atoms with Crippen molar-refractivity contribution in [3.8, 4) is 0 Å². The van der Waals surface area contributed by atoms with Crippen molar-refractivity contribution in [3.05, 3.63) is 34.1 Å². The van der Waals surface area contributed by atoms with E-state index in [1.807, 2.05) is 0 Å². The van der Waals surface area contributed by atoms with E-state index in [2.05, 4.69) is 0 Å². The van der Waals surface area contributed by atoms with Crippen LogP contribution in [0.25, 0.3) is 0 Å². The fraction of sp³-hybridized carbons (Fsp3) is 0.400. The number of nitrogens with zero attached hydrogens (tertiary/aromatic N) is 2. The van der Waals surface area contributed by atoms with E-state index in [1.165, 1.54) is 7.11 Å². The van der Waals surface area contributed by atoms with Crippen molar-refractivity contribution in [1.82, 2.24) is 0 Å². The summed E-state index contributed by atoms with van der Waals surface area (Å²) < 4.78 is 17.9. The molecule has 0 fully saturated rings. The Balaban J connectivity index is 2.99. The van der Waals surface area contributed by atoms with E-state index in [0.717, 1.165) is 18.2 Å². The first-order valence-electron chi connectivity index (χ1n) is 4.70. The second kappa shape index (κ2) is 5.41. The number of halogens is 1. The molecule has 88 valence electrons. The van der Waals surface area contributed by atoms with Crippen LogP contribution in [0.1, 0.15) is 0 Å². The third-order valence-electron chi connectivity index (χ3n) is 2.18. The van der Waals surface area contributed by atoms with Crippen molar-refractivity contribution in [3.63, 3.8) is 0 Å². The molecule has 0 aliphatic heterocycles. The first-order chi connectivity index (χ1) is 7.56. The molecule has 16 heavy (non-hydrogen) atoms. The molecule has 1 rings (SSSR count). The van der Waals surface area contributed by atoms with Crippen molar-refractivity contribution >= 4 is 11.4 Å². The average molecular weight is 228 g/mol. The first-order valence-corrected chi connectivity index (χ1v) is 4.70. The van der Waals surface area contributed by atoms with Gasteiger partial charge in [0.1, 0.15) is 11.5 Å². The van der Waals surface area contributed by atoms with Crippen molar-refractivity contribution in [2.75, 3.05) is 32.2 Å². The fourth-order valence-electron chi connectivity index (χ4n) is 1.31. The van der Waals surface area contributed by atoms with E-state index < -0.39 is 10.7 Å². The molecule has 0 amide bonds. The molecule has 0 saturated heterocycles. The second-order valence-electron chi connectivity index (χ2n) is 3.30. The predicted octanol–water partition coefficient (Wildman–Crippen LogP) is 1.82. The van der Waals surface area contributed by atoms with Crippen LogP contribution in [0.3, 0.4) is 0 Å². The normalized spacial score (nSPS) is 10.2. The van der Waals surface area contributed by atoms with Crippen LogP contribution in [0, 0.1) is 15.9 Å². The number of nitro groups is 1. The Kier molecular flexibility index (Phi) is 4.19. The average Bonchev–Trinajstić information content (AvgIpc) is 2.25. The SMILES string of the molecule is COCCN(C)c1cc(F)ccc1[N+](=O)[O-]. The lowest BCUT2D eigenvalue weighted by atomic mass is 10.2. The minimum atomic E-state index is -0.530. The summed E-state index contributed by atoms with van der Waals surface area (Å²) >= 11 is 0. The largest absolute Gasteiger partial charge is 0.383 e. The van der Waals surface area contributed by atoms with Gasteiger partial charge in [-0.05, 0) is 6.07 Å². The predicted molar refractivity (Wildman–Crippen MR) is 58.2 cm³/mol. The Morgan fingerprint density at radius 3 is 2.81 bits per heavy atom. The van der Waals surface area contributed by atoms with Gasteiger partial charge in [-0.25, -0.2) is 4.39 Å². The summed E-state index contributed by atoms with van der Waals surface area (Å²) in [5.74, 6) is -0.495. The molecule has 0 heterocycles. The zero-order valence-corrected chi connectivity index (χ0v) is 9.14. The standard InChI is InChI=1S/C10H13FN2O3/c1-12(5-6-16-2)10-7-8(11)3-4-9(10)13(14)15/h3-4,7H,5-6H2,1-2H3. The quantitative estimate of drug-likeness (QED) is 0.569. The highest BCUT2D eigenvalue weighted by Crippen LogP contribution is 2.27. The maximum atomic E-state index is 13.0. The number of hydrogen-bond donors (Lipinski definition) is 0. The maximum Gasteiger partial charge on any atom is 0.292 e. The highest BCUT2D eigenvalue weighted by molar-refractivity contribution is 5.62. The number of anilines is 1. The van der Waals surface area contributed by atoms with Crippen LogP contribution in [0.4, 0.5) is 15.8 Å². The van der Waals surface area contributed by atoms with Gasteiger partial charge in [0, 0.05) is 32.8 Å². The molecule has 0 unspecified atom stereocenters. The van der Waals surface area contributed by atoms with Gasteiger partial charge >= 0.3 is 0 Å². The molecule has 0 saturated carbocycles. The third-order valence-corrected chi connectivity index (χ3v) is 2.18. The lowest BCUT2D eigenvalue weighted by Crippen LogP contribution is -2.23. The maximum absolute atomic E-state index is 13.0. The number of likely N-dealkylation sites (N-methyl/N-ethyl adjacent to an activating group) is 1. The summed E-state index contributed by atoms with van der Waals surface area (Å²) in [7, 11) is 3.19. The van der Waals surface area contributed by atoms with Crippen molar-refractivity contribution in [2.24, 2.45) is 0 Å². The van der Waals surface area contributed by atoms with E-state index in [-0.39, 0.29) is 11.4 Å². The number of ether oxygens (including phenoxy) is 1. The molecular weight excluding hydrogens is 215 g/mol. The van der Waals surface area contributed by atoms with Crippen LogP contribution in [-0.2, 0) is 4.74 Å². The van der Waals surface area contributed by atoms with Crippen LogP contribution in [0.15, 0.2) is 18.2 Å². The molecule has 1 aromatic rings. The lowest BCUT2D eigenvalue weighted by molar-refractivity contribution is -0.384. The number of nitro benzene ring substituents is 1. The number of methoxy groups -OCH3 is 1. The Morgan fingerprint density at radius 1 is 1.56 bits per heavy atom. The number of hydrogen-bond acceptors (Lipinski definition) is 4. The Labute approximate surface area is 92.6 Å². The molecule has 0 spiro atoms. The molecule has 1 aromatic carbocycles. The van der Waals surface area contributed by atoms with Gasteiger partial charge in [0.25, 0.3) is 5.69 Å². The van der Waals surface area contributed by atoms with Gasteiger partial charge in [0.05, 0.1) is 11.5 Å². The smallest absolute Gasteiger partial charge is 0.292 e. The van der Waals surface area contributed by atoms with E-state index in [9.17, 15) is 14.5 Å². The summed E-state index contributed by atoms with van der Waals surface area (Å²) in [5, 5.41) is 10.7. The van der Waals surface area contributed by atoms with E-state index in [0.29, 0.717) is 13.2 Å². The van der Waals surface area contributed by atoms with Gasteiger partial charge < -0.3 is 9.64 Å². The third kappa shape index (κ3) is 2.90. The van der Waals surface area contributed by atoms with E-state index >= 15 is 0 Å². The first kappa shape index (κ1) is 12.4. The summed E-state index contributed by atoms with van der Waals surface area (Å²) in [6.07, 6.45) is 0. The summed E-state index contributed by atoms with van der Waals surface area (Å²) in [6.45, 7) is 0.880. The molecule has 5 nitrogen and oxygen atoms in total. The summed E-state index contributed by atoms with van der Waals surface area (Å²) in [6, 6.07) is 3.38. The minimum absolute atomic E-state index is 0.111. The van der Waals surface area contributed by atoms with Crippen LogP contribution >= 0.6 is 0 Å². The Bertz CT molecular complexity index is 384. The molecule has 0 atom stereocenters. The molecule has 0 aliphatic carbocycles. The molecule has 0 aromatic heterocycles. The zero-order valence-electron chi connectivity index (χ0n) is 9.14. The van der Waals surface area contributed by atoms with Crippen molar-refractivity contribution in [1.29, 1.82) is 0 Å². The Hall–Kier alpha value is -1.69. The molecule has 0 radical (unpaired) electrons. The highest BCUT2D eigenvalue weighted by atomic mass is 19.1.